The third-order valence-electron chi connectivity index (χ3n) is 6.71. The van der Waals surface area contributed by atoms with E-state index in [-0.39, 0.29) is 25.0 Å². The molecule has 5 N–H and O–H groups in total. The summed E-state index contributed by atoms with van der Waals surface area (Å²) >= 11 is 0. The van der Waals surface area contributed by atoms with E-state index in [2.05, 4.69) is 10.3 Å². The summed E-state index contributed by atoms with van der Waals surface area (Å²) in [6.07, 6.45) is 1.15. The highest BCUT2D eigenvalue weighted by Gasteiger charge is 2.39. The molecule has 2 aromatic rings. The van der Waals surface area contributed by atoms with Gasteiger partial charge in [-0.3, -0.25) is 19.3 Å². The van der Waals surface area contributed by atoms with E-state index in [0.29, 0.717) is 37.8 Å². The molecule has 2 saturated heterocycles. The van der Waals surface area contributed by atoms with Crippen molar-refractivity contribution in [2.24, 2.45) is 16.5 Å². The molecule has 11 nitrogen and oxygen atoms in total. The molecule has 4 rings (SSSR count). The van der Waals surface area contributed by atoms with Crippen LogP contribution in [0, 0.1) is 0 Å². The molecule has 0 radical (unpaired) electrons. The molecule has 38 heavy (non-hydrogen) atoms. The Kier molecular flexibility index (Phi) is 8.70. The number of nitrogens with one attached hydrogen (secondary N) is 1. The number of rotatable bonds is 6. The average molecular weight is 521 g/mol. The van der Waals surface area contributed by atoms with Crippen LogP contribution in [-0.4, -0.2) is 64.7 Å². The molecule has 3 atom stereocenters. The van der Waals surface area contributed by atoms with E-state index in [1.165, 1.54) is 9.80 Å². The zero-order chi connectivity index (χ0) is 27.1. The number of amides is 4. The summed E-state index contributed by atoms with van der Waals surface area (Å²) in [4.78, 5) is 57.8. The van der Waals surface area contributed by atoms with Gasteiger partial charge in [0.15, 0.2) is 0 Å². The van der Waals surface area contributed by atoms with Crippen LogP contribution in [0.2, 0.25) is 0 Å². The molecule has 0 aromatic heterocycles. The Balaban J connectivity index is 1.35. The maximum absolute atomic E-state index is 13.2. The first kappa shape index (κ1) is 26.8. The highest BCUT2D eigenvalue weighted by atomic mass is 16.5. The van der Waals surface area contributed by atoms with E-state index in [4.69, 9.17) is 16.2 Å². The maximum Gasteiger partial charge on any atom is 0.437 e. The van der Waals surface area contributed by atoms with Crippen molar-refractivity contribution in [1.29, 1.82) is 0 Å². The lowest BCUT2D eigenvalue weighted by atomic mass is 10.0. The summed E-state index contributed by atoms with van der Waals surface area (Å²) in [7, 11) is 0. The molecule has 4 amide bonds. The molecule has 200 valence electrons. The van der Waals surface area contributed by atoms with Gasteiger partial charge in [0.25, 0.3) is 5.91 Å². The van der Waals surface area contributed by atoms with Crippen molar-refractivity contribution >= 4 is 29.8 Å². The zero-order valence-electron chi connectivity index (χ0n) is 21.0. The Bertz CT molecular complexity index is 1190. The van der Waals surface area contributed by atoms with Gasteiger partial charge in [-0.2, -0.15) is 0 Å². The number of aliphatic imine (C=N–C) groups is 1. The molecule has 0 unspecified atom stereocenters. The van der Waals surface area contributed by atoms with Crippen LogP contribution in [0.5, 0.6) is 0 Å². The Labute approximate surface area is 220 Å². The van der Waals surface area contributed by atoms with E-state index in [0.717, 1.165) is 5.56 Å². The lowest BCUT2D eigenvalue weighted by Crippen LogP contribution is -2.58. The smallest absolute Gasteiger partial charge is 0.437 e. The number of piperidine rings is 1. The van der Waals surface area contributed by atoms with Gasteiger partial charge in [0, 0.05) is 13.1 Å². The Hall–Kier alpha value is -4.25. The third-order valence-corrected chi connectivity index (χ3v) is 6.71. The number of hydrogen-bond donors (Lipinski definition) is 3. The molecule has 0 spiro atoms. The van der Waals surface area contributed by atoms with Crippen LogP contribution in [0.3, 0.4) is 0 Å². The van der Waals surface area contributed by atoms with Gasteiger partial charge in [0.2, 0.25) is 17.8 Å². The summed E-state index contributed by atoms with van der Waals surface area (Å²) in [5, 5.41) is 2.77. The maximum atomic E-state index is 13.2. The van der Waals surface area contributed by atoms with Crippen LogP contribution in [0.4, 0.5) is 4.79 Å². The van der Waals surface area contributed by atoms with Crippen LogP contribution >= 0.6 is 0 Å². The first-order chi connectivity index (χ1) is 18.3. The van der Waals surface area contributed by atoms with E-state index in [1.54, 1.807) is 36.4 Å². The quantitative estimate of drug-likeness (QED) is 0.384. The summed E-state index contributed by atoms with van der Waals surface area (Å²) in [6.45, 7) is 0.687. The molecular weight excluding hydrogens is 488 g/mol. The van der Waals surface area contributed by atoms with Crippen LogP contribution < -0.4 is 16.8 Å². The number of likely N-dealkylation sites (tertiary alicyclic amines) is 2. The molecule has 0 aliphatic carbocycles. The number of nitrogens with zero attached hydrogens (tertiary/aromatic N) is 3. The van der Waals surface area contributed by atoms with E-state index >= 15 is 0 Å². The Morgan fingerprint density at radius 1 is 1.00 bits per heavy atom. The van der Waals surface area contributed by atoms with Crippen molar-refractivity contribution in [1.82, 2.24) is 15.1 Å². The average Bonchev–Trinajstić information content (AvgIpc) is 3.43. The van der Waals surface area contributed by atoms with E-state index in [9.17, 15) is 19.2 Å². The van der Waals surface area contributed by atoms with Crippen LogP contribution in [-0.2, 0) is 25.7 Å². The number of guanidine groups is 1. The van der Waals surface area contributed by atoms with Crippen molar-refractivity contribution < 1.29 is 23.9 Å². The van der Waals surface area contributed by atoms with Crippen molar-refractivity contribution in [3.05, 3.63) is 71.8 Å². The highest BCUT2D eigenvalue weighted by Crippen LogP contribution is 2.23. The fourth-order valence-electron chi connectivity index (χ4n) is 4.69. The second kappa shape index (κ2) is 12.3. The zero-order valence-corrected chi connectivity index (χ0v) is 21.0. The highest BCUT2D eigenvalue weighted by molar-refractivity contribution is 6.03. The topological polar surface area (TPSA) is 160 Å². The van der Waals surface area contributed by atoms with E-state index < -0.39 is 36.0 Å². The standard InChI is InChI=1S/C27H32N6O5/c28-22(19-11-5-2-6-12-19)25(36)32-15-8-14-21(32)23(34)30-20-13-7-16-33(24(20)35)26(29)31-27(37)38-17-18-9-3-1-4-10-18/h1-6,9-12,20-22H,7-8,13-17,28H2,(H,30,34)(H2,29,31,37)/t20-,21-,22+/m0/s1. The predicted octanol–water partition coefficient (Wildman–Crippen LogP) is 1.44. The molecule has 2 aliphatic rings. The van der Waals surface area contributed by atoms with Crippen molar-refractivity contribution in [2.45, 2.75) is 50.4 Å². The largest absolute Gasteiger partial charge is 0.443 e. The van der Waals surface area contributed by atoms with E-state index in [1.807, 2.05) is 24.3 Å². The van der Waals surface area contributed by atoms with Gasteiger partial charge in [-0.25, -0.2) is 4.79 Å². The van der Waals surface area contributed by atoms with Gasteiger partial charge < -0.3 is 26.4 Å². The van der Waals surface area contributed by atoms with Crippen LogP contribution in [0.15, 0.2) is 65.7 Å². The Morgan fingerprint density at radius 2 is 1.66 bits per heavy atom. The molecule has 2 heterocycles. The first-order valence-electron chi connectivity index (χ1n) is 12.6. The van der Waals surface area contributed by atoms with Crippen molar-refractivity contribution in [2.75, 3.05) is 13.1 Å². The first-order valence-corrected chi connectivity index (χ1v) is 12.6. The van der Waals surface area contributed by atoms with Gasteiger partial charge in [0.05, 0.1) is 0 Å². The normalized spacial score (nSPS) is 20.7. The number of carbonyl (C=O) groups is 4. The lowest BCUT2D eigenvalue weighted by Gasteiger charge is -2.33. The summed E-state index contributed by atoms with van der Waals surface area (Å²) in [6, 6.07) is 15.6. The SMILES string of the molecule is N/C(=N/C(=O)OCc1ccccc1)N1CCC[C@H](NC(=O)[C@@H]2CCCN2C(=O)[C@H](N)c2ccccc2)C1=O. The number of ether oxygens (including phenoxy) is 1. The molecule has 0 saturated carbocycles. The fraction of sp³-hybridized carbons (Fsp3) is 0.370. The second-order valence-corrected chi connectivity index (χ2v) is 9.28. The number of nitrogens with two attached hydrogens (primary N) is 2. The molecular formula is C27H32N6O5. The monoisotopic (exact) mass is 520 g/mol. The van der Waals surface area contributed by atoms with Gasteiger partial charge in [-0.1, -0.05) is 60.7 Å². The van der Waals surface area contributed by atoms with Crippen molar-refractivity contribution in [3.63, 3.8) is 0 Å². The van der Waals surface area contributed by atoms with Crippen LogP contribution in [0.1, 0.15) is 42.9 Å². The molecule has 2 fully saturated rings. The number of benzene rings is 2. The minimum absolute atomic E-state index is 0.0214. The molecule has 2 aliphatic heterocycles. The lowest BCUT2D eigenvalue weighted by molar-refractivity contribution is -0.141. The van der Waals surface area contributed by atoms with Gasteiger partial charge in [-0.05, 0) is 36.8 Å². The Morgan fingerprint density at radius 3 is 2.37 bits per heavy atom. The third kappa shape index (κ3) is 6.35. The fourth-order valence-corrected chi connectivity index (χ4v) is 4.69. The summed E-state index contributed by atoms with van der Waals surface area (Å²) in [5.74, 6) is -1.53. The molecule has 0 bridgehead atoms. The van der Waals surface area contributed by atoms with Gasteiger partial charge in [-0.15, -0.1) is 4.99 Å². The van der Waals surface area contributed by atoms with Gasteiger partial charge >= 0.3 is 6.09 Å². The minimum atomic E-state index is -0.917. The predicted molar refractivity (Wildman–Crippen MR) is 139 cm³/mol. The molecule has 2 aromatic carbocycles. The van der Waals surface area contributed by atoms with Crippen molar-refractivity contribution in [3.8, 4) is 0 Å². The second-order valence-electron chi connectivity index (χ2n) is 9.28. The van der Waals surface area contributed by atoms with Crippen LogP contribution in [0.25, 0.3) is 0 Å². The summed E-state index contributed by atoms with van der Waals surface area (Å²) < 4.78 is 5.11. The van der Waals surface area contributed by atoms with Gasteiger partial charge in [0.1, 0.15) is 24.7 Å². The minimum Gasteiger partial charge on any atom is -0.443 e. The number of hydrogen-bond acceptors (Lipinski definition) is 6. The molecule has 11 heteroatoms. The number of carbonyl (C=O) groups excluding carboxylic acids is 4. The summed E-state index contributed by atoms with van der Waals surface area (Å²) in [5.41, 5.74) is 13.6.